The van der Waals surface area contributed by atoms with E-state index in [0.717, 1.165) is 6.54 Å². The average Bonchev–Trinajstić information content (AvgIpc) is 2.33. The summed E-state index contributed by atoms with van der Waals surface area (Å²) >= 11 is 0. The molecule has 10 heavy (non-hydrogen) atoms. The molecule has 2 nitrogen and oxygen atoms in total. The summed E-state index contributed by atoms with van der Waals surface area (Å²) in [5, 5.41) is 0. The lowest BCUT2D eigenvalue weighted by atomic mass is 10.3. The van der Waals surface area contributed by atoms with E-state index < -0.39 is 0 Å². The van der Waals surface area contributed by atoms with Crippen LogP contribution in [0.5, 0.6) is 0 Å². The Morgan fingerprint density at radius 2 is 1.90 bits per heavy atom. The average molecular weight is 144 g/mol. The summed E-state index contributed by atoms with van der Waals surface area (Å²) in [7, 11) is 2.38. The molecule has 0 spiro atoms. The molecule has 1 saturated heterocycles. The summed E-state index contributed by atoms with van der Waals surface area (Å²) in [4.78, 5) is 0. The molecule has 0 saturated carbocycles. The third kappa shape index (κ3) is 1.96. The molecule has 0 aromatic carbocycles. The van der Waals surface area contributed by atoms with E-state index in [1.54, 1.807) is 0 Å². The standard InChI is InChI=1S/C8H19N2/c1-10(8-4-5-9)6-2-3-7-10/h2-9H2,1H3/q+1/p+1. The molecule has 0 amide bonds. The van der Waals surface area contributed by atoms with Crippen molar-refractivity contribution in [3.8, 4) is 0 Å². The Morgan fingerprint density at radius 3 is 2.40 bits per heavy atom. The van der Waals surface area contributed by atoms with Crippen molar-refractivity contribution in [2.45, 2.75) is 19.3 Å². The van der Waals surface area contributed by atoms with E-state index in [1.165, 1.54) is 43.4 Å². The lowest BCUT2D eigenvalue weighted by molar-refractivity contribution is -0.898. The van der Waals surface area contributed by atoms with Gasteiger partial charge in [-0.25, -0.2) is 0 Å². The fraction of sp³-hybridized carbons (Fsp3) is 1.00. The van der Waals surface area contributed by atoms with Crippen molar-refractivity contribution in [2.75, 3.05) is 33.2 Å². The second kappa shape index (κ2) is 3.35. The van der Waals surface area contributed by atoms with Crippen LogP contribution in [-0.2, 0) is 0 Å². The summed E-state index contributed by atoms with van der Waals surface area (Å²) in [5.41, 5.74) is 3.87. The van der Waals surface area contributed by atoms with Crippen LogP contribution in [0.15, 0.2) is 0 Å². The van der Waals surface area contributed by atoms with E-state index in [9.17, 15) is 0 Å². The maximum atomic E-state index is 3.87. The van der Waals surface area contributed by atoms with E-state index in [4.69, 9.17) is 0 Å². The van der Waals surface area contributed by atoms with Gasteiger partial charge in [0, 0.05) is 19.3 Å². The van der Waals surface area contributed by atoms with Crippen LogP contribution in [-0.4, -0.2) is 37.7 Å². The van der Waals surface area contributed by atoms with Gasteiger partial charge in [0.1, 0.15) is 0 Å². The zero-order valence-electron chi connectivity index (χ0n) is 7.10. The minimum atomic E-state index is 1.10. The fourth-order valence-corrected chi connectivity index (χ4v) is 1.82. The quantitative estimate of drug-likeness (QED) is 0.534. The zero-order chi connectivity index (χ0) is 7.45. The third-order valence-electron chi connectivity index (χ3n) is 2.59. The number of rotatable bonds is 3. The summed E-state index contributed by atoms with van der Waals surface area (Å²) in [5.74, 6) is 0. The minimum absolute atomic E-state index is 1.10. The second-order valence-corrected chi connectivity index (χ2v) is 3.70. The SMILES string of the molecule is C[N+]1(CCC[NH3+])CCCC1. The zero-order valence-corrected chi connectivity index (χ0v) is 7.10. The Labute approximate surface area is 63.6 Å². The van der Waals surface area contributed by atoms with Gasteiger partial charge in [-0.05, 0) is 0 Å². The van der Waals surface area contributed by atoms with E-state index in [-0.39, 0.29) is 0 Å². The molecule has 0 radical (unpaired) electrons. The van der Waals surface area contributed by atoms with Gasteiger partial charge in [0.05, 0.1) is 33.2 Å². The van der Waals surface area contributed by atoms with Crippen molar-refractivity contribution in [3.63, 3.8) is 0 Å². The first-order valence-electron chi connectivity index (χ1n) is 4.40. The van der Waals surface area contributed by atoms with Crippen LogP contribution in [0.3, 0.4) is 0 Å². The van der Waals surface area contributed by atoms with Gasteiger partial charge in [-0.15, -0.1) is 0 Å². The molecular formula is C8H20N2+2. The molecule has 3 N–H and O–H groups in total. The Kier molecular flexibility index (Phi) is 2.69. The predicted octanol–water partition coefficient (Wildman–Crippen LogP) is -0.141. The smallest absolute Gasteiger partial charge is 0.0838 e. The normalized spacial score (nSPS) is 23.4. The van der Waals surface area contributed by atoms with Crippen molar-refractivity contribution in [2.24, 2.45) is 0 Å². The van der Waals surface area contributed by atoms with Crippen molar-refractivity contribution in [3.05, 3.63) is 0 Å². The number of nitrogens with zero attached hydrogens (tertiary/aromatic N) is 1. The summed E-state index contributed by atoms with van der Waals surface area (Å²) in [6.07, 6.45) is 4.18. The molecule has 0 aliphatic carbocycles. The summed E-state index contributed by atoms with van der Waals surface area (Å²) in [6, 6.07) is 0. The molecule has 1 aliphatic heterocycles. The first-order chi connectivity index (χ1) is 4.77. The molecule has 0 atom stereocenters. The largest absolute Gasteiger partial charge is 0.357 e. The number of quaternary nitrogens is 2. The molecule has 1 aliphatic rings. The van der Waals surface area contributed by atoms with Crippen LogP contribution in [0, 0.1) is 0 Å². The van der Waals surface area contributed by atoms with E-state index >= 15 is 0 Å². The van der Waals surface area contributed by atoms with E-state index in [2.05, 4.69) is 12.8 Å². The monoisotopic (exact) mass is 144 g/mol. The van der Waals surface area contributed by atoms with Crippen molar-refractivity contribution >= 4 is 0 Å². The van der Waals surface area contributed by atoms with Gasteiger partial charge >= 0.3 is 0 Å². The van der Waals surface area contributed by atoms with Gasteiger partial charge in [0.25, 0.3) is 0 Å². The number of likely N-dealkylation sites (tertiary alicyclic amines) is 1. The van der Waals surface area contributed by atoms with Crippen LogP contribution in [0.25, 0.3) is 0 Å². The number of hydrogen-bond donors (Lipinski definition) is 1. The van der Waals surface area contributed by atoms with Crippen molar-refractivity contribution in [1.82, 2.24) is 0 Å². The lowest BCUT2D eigenvalue weighted by Crippen LogP contribution is -2.53. The maximum absolute atomic E-state index is 3.87. The molecule has 1 heterocycles. The van der Waals surface area contributed by atoms with Crippen molar-refractivity contribution < 1.29 is 10.2 Å². The summed E-state index contributed by atoms with van der Waals surface area (Å²) in [6.45, 7) is 5.26. The van der Waals surface area contributed by atoms with Gasteiger partial charge in [0.15, 0.2) is 0 Å². The highest BCUT2D eigenvalue weighted by molar-refractivity contribution is 4.51. The maximum Gasteiger partial charge on any atom is 0.0838 e. The second-order valence-electron chi connectivity index (χ2n) is 3.70. The highest BCUT2D eigenvalue weighted by Crippen LogP contribution is 2.15. The minimum Gasteiger partial charge on any atom is -0.357 e. The topological polar surface area (TPSA) is 27.6 Å². The first kappa shape index (κ1) is 8.02. The van der Waals surface area contributed by atoms with Crippen molar-refractivity contribution in [1.29, 1.82) is 0 Å². The molecule has 1 fully saturated rings. The predicted molar refractivity (Wildman–Crippen MR) is 42.4 cm³/mol. The highest BCUT2D eigenvalue weighted by Gasteiger charge is 2.25. The molecular weight excluding hydrogens is 124 g/mol. The molecule has 0 aromatic rings. The molecule has 0 aromatic heterocycles. The van der Waals surface area contributed by atoms with E-state index in [1.807, 2.05) is 0 Å². The Balaban J connectivity index is 2.22. The Hall–Kier alpha value is -0.0800. The molecule has 60 valence electrons. The van der Waals surface area contributed by atoms with Gasteiger partial charge in [-0.2, -0.15) is 0 Å². The van der Waals surface area contributed by atoms with Gasteiger partial charge < -0.3 is 10.2 Å². The third-order valence-corrected chi connectivity index (χ3v) is 2.59. The molecule has 2 heteroatoms. The van der Waals surface area contributed by atoms with Crippen LogP contribution < -0.4 is 5.73 Å². The Morgan fingerprint density at radius 1 is 1.30 bits per heavy atom. The Bertz CT molecular complexity index is 95.4. The molecule has 0 unspecified atom stereocenters. The number of hydrogen-bond acceptors (Lipinski definition) is 0. The molecule has 0 bridgehead atoms. The molecule has 1 rings (SSSR count). The van der Waals surface area contributed by atoms with Crippen LogP contribution in [0.4, 0.5) is 0 Å². The van der Waals surface area contributed by atoms with Crippen LogP contribution in [0.2, 0.25) is 0 Å². The van der Waals surface area contributed by atoms with Gasteiger partial charge in [-0.1, -0.05) is 0 Å². The fourth-order valence-electron chi connectivity index (χ4n) is 1.82. The first-order valence-corrected chi connectivity index (χ1v) is 4.40. The van der Waals surface area contributed by atoms with Gasteiger partial charge in [-0.3, -0.25) is 0 Å². The van der Waals surface area contributed by atoms with Crippen LogP contribution >= 0.6 is 0 Å². The summed E-state index contributed by atoms with van der Waals surface area (Å²) < 4.78 is 1.32. The van der Waals surface area contributed by atoms with Gasteiger partial charge in [0.2, 0.25) is 0 Å². The highest BCUT2D eigenvalue weighted by atomic mass is 15.3. The van der Waals surface area contributed by atoms with Crippen LogP contribution in [0.1, 0.15) is 19.3 Å². The lowest BCUT2D eigenvalue weighted by Gasteiger charge is -2.28. The van der Waals surface area contributed by atoms with E-state index in [0.29, 0.717) is 0 Å².